The van der Waals surface area contributed by atoms with Gasteiger partial charge in [0, 0.05) is 12.0 Å². The molecule has 0 N–H and O–H groups in total. The molecule has 8 nitrogen and oxygen atoms in total. The molecule has 2 heterocycles. The van der Waals surface area contributed by atoms with Crippen LogP contribution in [0.3, 0.4) is 0 Å². The lowest BCUT2D eigenvalue weighted by Crippen LogP contribution is -2.18. The summed E-state index contributed by atoms with van der Waals surface area (Å²) in [5.41, 5.74) is 2.97. The standard InChI is InChI=1S/C16H21N7O/c1-6-14(23-12(4)17-9-18-23)24-15-10(2)7-13(8-11(15)3)16-19-21-22(5)20-16/h7-9,14H,6H2,1-5H3. The van der Waals surface area contributed by atoms with Gasteiger partial charge in [-0.15, -0.1) is 10.2 Å². The first kappa shape index (κ1) is 16.1. The van der Waals surface area contributed by atoms with E-state index in [9.17, 15) is 0 Å². The van der Waals surface area contributed by atoms with Crippen LogP contribution in [0.1, 0.15) is 36.5 Å². The van der Waals surface area contributed by atoms with Crippen molar-refractivity contribution < 1.29 is 4.74 Å². The predicted octanol–water partition coefficient (Wildman–Crippen LogP) is 2.38. The zero-order valence-electron chi connectivity index (χ0n) is 14.6. The van der Waals surface area contributed by atoms with Crippen LogP contribution in [0.15, 0.2) is 18.5 Å². The van der Waals surface area contributed by atoms with E-state index in [1.54, 1.807) is 18.1 Å². The average molecular weight is 327 g/mol. The van der Waals surface area contributed by atoms with E-state index in [1.165, 1.54) is 4.80 Å². The smallest absolute Gasteiger partial charge is 0.204 e. The van der Waals surface area contributed by atoms with Crippen LogP contribution >= 0.6 is 0 Å². The fourth-order valence-corrected chi connectivity index (χ4v) is 2.70. The molecule has 24 heavy (non-hydrogen) atoms. The van der Waals surface area contributed by atoms with Crippen molar-refractivity contribution in [3.05, 3.63) is 35.4 Å². The molecule has 0 fully saturated rings. The molecule has 8 heteroatoms. The Morgan fingerprint density at radius 2 is 1.88 bits per heavy atom. The van der Waals surface area contributed by atoms with E-state index in [0.717, 1.165) is 34.7 Å². The van der Waals surface area contributed by atoms with E-state index in [-0.39, 0.29) is 6.23 Å². The Bertz CT molecular complexity index is 829. The monoisotopic (exact) mass is 327 g/mol. The summed E-state index contributed by atoms with van der Waals surface area (Å²) in [6.07, 6.45) is 2.14. The van der Waals surface area contributed by atoms with Crippen LogP contribution in [-0.2, 0) is 7.05 Å². The molecule has 0 aliphatic carbocycles. The van der Waals surface area contributed by atoms with Gasteiger partial charge in [-0.05, 0) is 49.2 Å². The average Bonchev–Trinajstić information content (AvgIpc) is 3.15. The van der Waals surface area contributed by atoms with Crippen molar-refractivity contribution in [1.29, 1.82) is 0 Å². The van der Waals surface area contributed by atoms with Crippen molar-refractivity contribution >= 4 is 0 Å². The number of nitrogens with zero attached hydrogens (tertiary/aromatic N) is 7. The highest BCUT2D eigenvalue weighted by Crippen LogP contribution is 2.31. The highest BCUT2D eigenvalue weighted by Gasteiger charge is 2.18. The third-order valence-corrected chi connectivity index (χ3v) is 3.85. The number of hydrogen-bond acceptors (Lipinski definition) is 6. The SMILES string of the molecule is CCC(Oc1c(C)cc(-c2nnn(C)n2)cc1C)n1ncnc1C. The number of benzene rings is 1. The van der Waals surface area contributed by atoms with Crippen LogP contribution in [0.4, 0.5) is 0 Å². The molecular formula is C16H21N7O. The highest BCUT2D eigenvalue weighted by atomic mass is 16.5. The summed E-state index contributed by atoms with van der Waals surface area (Å²) in [6.45, 7) is 8.02. The molecule has 1 aromatic carbocycles. The van der Waals surface area contributed by atoms with Gasteiger partial charge < -0.3 is 4.74 Å². The Labute approximate surface area is 140 Å². The van der Waals surface area contributed by atoms with Crippen molar-refractivity contribution in [3.63, 3.8) is 0 Å². The van der Waals surface area contributed by atoms with Crippen LogP contribution in [-0.4, -0.2) is 35.0 Å². The fourth-order valence-electron chi connectivity index (χ4n) is 2.70. The van der Waals surface area contributed by atoms with Crippen molar-refractivity contribution in [2.45, 2.75) is 40.3 Å². The lowest BCUT2D eigenvalue weighted by molar-refractivity contribution is 0.109. The Kier molecular flexibility index (Phi) is 4.28. The van der Waals surface area contributed by atoms with E-state index in [2.05, 4.69) is 32.4 Å². The first-order valence-corrected chi connectivity index (χ1v) is 7.88. The summed E-state index contributed by atoms with van der Waals surface area (Å²) >= 11 is 0. The van der Waals surface area contributed by atoms with E-state index in [0.29, 0.717) is 5.82 Å². The van der Waals surface area contributed by atoms with E-state index in [1.807, 2.05) is 32.9 Å². The number of ether oxygens (including phenoxy) is 1. The first-order valence-electron chi connectivity index (χ1n) is 7.88. The highest BCUT2D eigenvalue weighted by molar-refractivity contribution is 5.60. The Morgan fingerprint density at radius 3 is 2.38 bits per heavy atom. The predicted molar refractivity (Wildman–Crippen MR) is 88.4 cm³/mol. The maximum atomic E-state index is 6.25. The molecule has 0 saturated carbocycles. The van der Waals surface area contributed by atoms with Crippen molar-refractivity contribution in [2.75, 3.05) is 0 Å². The summed E-state index contributed by atoms with van der Waals surface area (Å²) < 4.78 is 8.05. The van der Waals surface area contributed by atoms with Crippen LogP contribution in [0.5, 0.6) is 5.75 Å². The van der Waals surface area contributed by atoms with Gasteiger partial charge in [0.2, 0.25) is 5.82 Å². The second-order valence-electron chi connectivity index (χ2n) is 5.77. The third kappa shape index (κ3) is 2.99. The van der Waals surface area contributed by atoms with Crippen molar-refractivity contribution in [2.24, 2.45) is 7.05 Å². The van der Waals surface area contributed by atoms with Gasteiger partial charge in [0.1, 0.15) is 17.9 Å². The Morgan fingerprint density at radius 1 is 1.17 bits per heavy atom. The minimum Gasteiger partial charge on any atom is -0.468 e. The lowest BCUT2D eigenvalue weighted by atomic mass is 10.1. The third-order valence-electron chi connectivity index (χ3n) is 3.85. The molecule has 1 unspecified atom stereocenters. The summed E-state index contributed by atoms with van der Waals surface area (Å²) in [7, 11) is 1.75. The number of aryl methyl sites for hydroxylation is 4. The van der Waals surface area contributed by atoms with Gasteiger partial charge in [0.25, 0.3) is 0 Å². The van der Waals surface area contributed by atoms with Crippen LogP contribution in [0.2, 0.25) is 0 Å². The quantitative estimate of drug-likeness (QED) is 0.715. The number of tetrazole rings is 1. The van der Waals surface area contributed by atoms with Gasteiger partial charge in [-0.3, -0.25) is 0 Å². The number of rotatable bonds is 5. The molecule has 1 atom stereocenters. The zero-order chi connectivity index (χ0) is 17.3. The second kappa shape index (κ2) is 6.38. The van der Waals surface area contributed by atoms with Gasteiger partial charge in [-0.2, -0.15) is 9.90 Å². The lowest BCUT2D eigenvalue weighted by Gasteiger charge is -2.21. The normalized spacial score (nSPS) is 12.4. The van der Waals surface area contributed by atoms with Gasteiger partial charge in [-0.1, -0.05) is 6.92 Å². The number of hydrogen-bond donors (Lipinski definition) is 0. The molecule has 0 aliphatic heterocycles. The maximum absolute atomic E-state index is 6.25. The molecule has 3 rings (SSSR count). The summed E-state index contributed by atoms with van der Waals surface area (Å²) in [5, 5.41) is 16.5. The molecule has 0 spiro atoms. The van der Waals surface area contributed by atoms with E-state index in [4.69, 9.17) is 4.74 Å². The van der Waals surface area contributed by atoms with Gasteiger partial charge in [-0.25, -0.2) is 9.67 Å². The summed E-state index contributed by atoms with van der Waals surface area (Å²) in [5.74, 6) is 2.29. The molecule has 0 radical (unpaired) electrons. The minimum absolute atomic E-state index is 0.189. The van der Waals surface area contributed by atoms with E-state index < -0.39 is 0 Å². The molecule has 126 valence electrons. The topological polar surface area (TPSA) is 83.5 Å². The Hall–Kier alpha value is -2.77. The molecule has 0 aliphatic rings. The molecule has 0 amide bonds. The fraction of sp³-hybridized carbons (Fsp3) is 0.438. The van der Waals surface area contributed by atoms with Crippen LogP contribution < -0.4 is 4.74 Å². The second-order valence-corrected chi connectivity index (χ2v) is 5.77. The van der Waals surface area contributed by atoms with Crippen molar-refractivity contribution in [1.82, 2.24) is 35.0 Å². The molecule has 0 saturated heterocycles. The maximum Gasteiger partial charge on any atom is 0.204 e. The zero-order valence-corrected chi connectivity index (χ0v) is 14.6. The molecule has 2 aromatic heterocycles. The minimum atomic E-state index is -0.189. The summed E-state index contributed by atoms with van der Waals surface area (Å²) in [4.78, 5) is 5.62. The molecule has 3 aromatic rings. The largest absolute Gasteiger partial charge is 0.468 e. The van der Waals surface area contributed by atoms with Gasteiger partial charge in [0.05, 0.1) is 7.05 Å². The summed E-state index contributed by atoms with van der Waals surface area (Å²) in [6, 6.07) is 4.03. The van der Waals surface area contributed by atoms with Crippen LogP contribution in [0, 0.1) is 20.8 Å². The number of aromatic nitrogens is 7. The molecule has 0 bridgehead atoms. The van der Waals surface area contributed by atoms with Crippen LogP contribution in [0.25, 0.3) is 11.4 Å². The van der Waals surface area contributed by atoms with E-state index >= 15 is 0 Å². The molecular weight excluding hydrogens is 306 g/mol. The first-order chi connectivity index (χ1) is 11.5. The Balaban J connectivity index is 1.92. The van der Waals surface area contributed by atoms with Gasteiger partial charge in [0.15, 0.2) is 6.23 Å². The van der Waals surface area contributed by atoms with Gasteiger partial charge >= 0.3 is 0 Å². The van der Waals surface area contributed by atoms with Crippen molar-refractivity contribution in [3.8, 4) is 17.1 Å².